The van der Waals surface area contributed by atoms with Crippen LogP contribution in [0.25, 0.3) is 21.8 Å². The molecule has 2 N–H and O–H groups in total. The SMILES string of the molecule is Cc1cccc2c(=O)[nH]c(COC(=O)c3c[nH]c4ccc(Br)cc34)nc12. The van der Waals surface area contributed by atoms with E-state index in [9.17, 15) is 9.59 Å². The maximum Gasteiger partial charge on any atom is 0.340 e. The molecule has 0 spiro atoms. The molecule has 130 valence electrons. The van der Waals surface area contributed by atoms with Gasteiger partial charge in [-0.1, -0.05) is 28.1 Å². The van der Waals surface area contributed by atoms with Crippen molar-refractivity contribution in [3.63, 3.8) is 0 Å². The van der Waals surface area contributed by atoms with E-state index >= 15 is 0 Å². The molecule has 2 aromatic carbocycles. The number of carbonyl (C=O) groups excluding carboxylic acids is 1. The van der Waals surface area contributed by atoms with Crippen molar-refractivity contribution in [3.05, 3.63) is 74.4 Å². The average molecular weight is 412 g/mol. The number of halogens is 1. The Hall–Kier alpha value is -2.93. The minimum absolute atomic E-state index is 0.112. The second kappa shape index (κ2) is 6.42. The Labute approximate surface area is 156 Å². The molecule has 0 saturated heterocycles. The van der Waals surface area contributed by atoms with E-state index < -0.39 is 5.97 Å². The Morgan fingerprint density at radius 2 is 2.08 bits per heavy atom. The number of carbonyl (C=O) groups is 1. The van der Waals surface area contributed by atoms with Crippen LogP contribution >= 0.6 is 15.9 Å². The molecule has 0 aliphatic carbocycles. The van der Waals surface area contributed by atoms with Gasteiger partial charge < -0.3 is 14.7 Å². The largest absolute Gasteiger partial charge is 0.454 e. The molecule has 0 unspecified atom stereocenters. The molecule has 0 fully saturated rings. The smallest absolute Gasteiger partial charge is 0.340 e. The van der Waals surface area contributed by atoms with Crippen LogP contribution < -0.4 is 5.56 Å². The lowest BCUT2D eigenvalue weighted by Gasteiger charge is -2.06. The zero-order chi connectivity index (χ0) is 18.3. The molecule has 6 nitrogen and oxygen atoms in total. The van der Waals surface area contributed by atoms with Crippen LogP contribution in [0.4, 0.5) is 0 Å². The van der Waals surface area contributed by atoms with E-state index in [-0.39, 0.29) is 12.2 Å². The highest BCUT2D eigenvalue weighted by molar-refractivity contribution is 9.10. The van der Waals surface area contributed by atoms with E-state index in [1.165, 1.54) is 0 Å². The molecule has 0 amide bonds. The lowest BCUT2D eigenvalue weighted by atomic mass is 10.1. The molecule has 4 rings (SSSR count). The first-order chi connectivity index (χ1) is 12.5. The molecule has 2 heterocycles. The summed E-state index contributed by atoms with van der Waals surface area (Å²) in [6.07, 6.45) is 1.61. The normalized spacial score (nSPS) is 11.2. The van der Waals surface area contributed by atoms with Gasteiger partial charge in [0.25, 0.3) is 5.56 Å². The number of aromatic amines is 2. The topological polar surface area (TPSA) is 87.8 Å². The Balaban J connectivity index is 1.61. The minimum Gasteiger partial charge on any atom is -0.454 e. The highest BCUT2D eigenvalue weighted by atomic mass is 79.9. The third-order valence-corrected chi connectivity index (χ3v) is 4.68. The number of esters is 1. The first kappa shape index (κ1) is 16.5. The minimum atomic E-state index is -0.484. The first-order valence-electron chi connectivity index (χ1n) is 7.95. The van der Waals surface area contributed by atoms with Crippen molar-refractivity contribution in [2.75, 3.05) is 0 Å². The molecule has 0 saturated carbocycles. The van der Waals surface area contributed by atoms with Crippen LogP contribution in [0.2, 0.25) is 0 Å². The first-order valence-corrected chi connectivity index (χ1v) is 8.74. The number of nitrogens with one attached hydrogen (secondary N) is 2. The summed E-state index contributed by atoms with van der Waals surface area (Å²) in [5.74, 6) is -0.173. The number of rotatable bonds is 3. The number of para-hydroxylation sites is 1. The van der Waals surface area contributed by atoms with Crippen molar-refractivity contribution in [2.45, 2.75) is 13.5 Å². The predicted molar refractivity (Wildman–Crippen MR) is 102 cm³/mol. The van der Waals surface area contributed by atoms with Gasteiger partial charge in [-0.25, -0.2) is 9.78 Å². The summed E-state index contributed by atoms with van der Waals surface area (Å²) in [4.78, 5) is 34.8. The van der Waals surface area contributed by atoms with Gasteiger partial charge in [-0.2, -0.15) is 0 Å². The number of H-pyrrole nitrogens is 2. The van der Waals surface area contributed by atoms with Gasteiger partial charge in [-0.05, 0) is 36.8 Å². The fourth-order valence-electron chi connectivity index (χ4n) is 2.89. The molecular weight excluding hydrogens is 398 g/mol. The highest BCUT2D eigenvalue weighted by Crippen LogP contribution is 2.23. The van der Waals surface area contributed by atoms with Gasteiger partial charge in [0, 0.05) is 21.6 Å². The van der Waals surface area contributed by atoms with Gasteiger partial charge in [0.05, 0.1) is 16.5 Å². The van der Waals surface area contributed by atoms with E-state index in [1.807, 2.05) is 37.3 Å². The number of aryl methyl sites for hydroxylation is 1. The lowest BCUT2D eigenvalue weighted by Crippen LogP contribution is -2.15. The molecule has 0 bridgehead atoms. The van der Waals surface area contributed by atoms with Crippen LogP contribution in [0.3, 0.4) is 0 Å². The lowest BCUT2D eigenvalue weighted by molar-refractivity contribution is 0.0464. The number of ether oxygens (including phenoxy) is 1. The average Bonchev–Trinajstić information content (AvgIpc) is 3.03. The summed E-state index contributed by atoms with van der Waals surface area (Å²) in [6.45, 7) is 1.77. The van der Waals surface area contributed by atoms with E-state index in [4.69, 9.17) is 4.74 Å². The summed E-state index contributed by atoms with van der Waals surface area (Å²) in [5, 5.41) is 1.28. The van der Waals surface area contributed by atoms with Gasteiger partial charge in [-0.3, -0.25) is 4.79 Å². The Morgan fingerprint density at radius 3 is 2.92 bits per heavy atom. The molecule has 4 aromatic rings. The summed E-state index contributed by atoms with van der Waals surface area (Å²) in [7, 11) is 0. The van der Waals surface area contributed by atoms with Crippen molar-refractivity contribution in [2.24, 2.45) is 0 Å². The molecule has 0 atom stereocenters. The van der Waals surface area contributed by atoms with Crippen LogP contribution in [-0.2, 0) is 11.3 Å². The van der Waals surface area contributed by atoms with Crippen molar-refractivity contribution < 1.29 is 9.53 Å². The van der Waals surface area contributed by atoms with Crippen molar-refractivity contribution >= 4 is 43.7 Å². The third kappa shape index (κ3) is 2.90. The van der Waals surface area contributed by atoms with Crippen LogP contribution in [-0.4, -0.2) is 20.9 Å². The summed E-state index contributed by atoms with van der Waals surface area (Å²) >= 11 is 3.40. The standard InChI is InChI=1S/C19H14BrN3O3/c1-10-3-2-4-12-17(10)22-16(23-18(12)24)9-26-19(25)14-8-21-15-6-5-11(20)7-13(14)15/h2-8,21H,9H2,1H3,(H,22,23,24). The molecule has 0 radical (unpaired) electrons. The second-order valence-corrected chi connectivity index (χ2v) is 6.87. The number of hydrogen-bond donors (Lipinski definition) is 2. The van der Waals surface area contributed by atoms with Gasteiger partial charge in [0.2, 0.25) is 0 Å². The molecule has 2 aromatic heterocycles. The van der Waals surface area contributed by atoms with E-state index in [1.54, 1.807) is 12.3 Å². The third-order valence-electron chi connectivity index (χ3n) is 4.19. The van der Waals surface area contributed by atoms with Crippen LogP contribution in [0.15, 0.2) is 51.9 Å². The van der Waals surface area contributed by atoms with Crippen LogP contribution in [0.5, 0.6) is 0 Å². The van der Waals surface area contributed by atoms with E-state index in [0.29, 0.717) is 22.3 Å². The molecule has 26 heavy (non-hydrogen) atoms. The van der Waals surface area contributed by atoms with Crippen molar-refractivity contribution in [1.82, 2.24) is 15.0 Å². The molecular formula is C19H14BrN3O3. The van der Waals surface area contributed by atoms with Crippen molar-refractivity contribution in [1.29, 1.82) is 0 Å². The van der Waals surface area contributed by atoms with Crippen LogP contribution in [0, 0.1) is 6.92 Å². The van der Waals surface area contributed by atoms with E-state index in [2.05, 4.69) is 30.9 Å². The molecule has 0 aliphatic rings. The number of nitrogens with zero attached hydrogens (tertiary/aromatic N) is 1. The maximum atomic E-state index is 12.4. The zero-order valence-electron chi connectivity index (χ0n) is 13.8. The van der Waals surface area contributed by atoms with Crippen molar-refractivity contribution in [3.8, 4) is 0 Å². The highest BCUT2D eigenvalue weighted by Gasteiger charge is 2.15. The zero-order valence-corrected chi connectivity index (χ0v) is 15.4. The summed E-state index contributed by atoms with van der Waals surface area (Å²) < 4.78 is 6.23. The van der Waals surface area contributed by atoms with Gasteiger partial charge >= 0.3 is 5.97 Å². The van der Waals surface area contributed by atoms with Gasteiger partial charge in [0.15, 0.2) is 0 Å². The summed E-state index contributed by atoms with van der Waals surface area (Å²) in [5.41, 5.74) is 2.52. The fraction of sp³-hybridized carbons (Fsp3) is 0.105. The second-order valence-electron chi connectivity index (χ2n) is 5.95. The van der Waals surface area contributed by atoms with E-state index in [0.717, 1.165) is 20.9 Å². The summed E-state index contributed by atoms with van der Waals surface area (Å²) in [6, 6.07) is 11.0. The predicted octanol–water partition coefficient (Wildman–Crippen LogP) is 3.83. The number of hydrogen-bond acceptors (Lipinski definition) is 4. The Kier molecular flexibility index (Phi) is 4.08. The monoisotopic (exact) mass is 411 g/mol. The van der Waals surface area contributed by atoms with Gasteiger partial charge in [0.1, 0.15) is 12.4 Å². The maximum absolute atomic E-state index is 12.4. The fourth-order valence-corrected chi connectivity index (χ4v) is 3.25. The number of benzene rings is 2. The molecule has 0 aliphatic heterocycles. The number of aromatic nitrogens is 3. The quantitative estimate of drug-likeness (QED) is 0.501. The molecule has 7 heteroatoms. The number of fused-ring (bicyclic) bond motifs is 2. The van der Waals surface area contributed by atoms with Gasteiger partial charge in [-0.15, -0.1) is 0 Å². The Bertz CT molecular complexity index is 1210. The van der Waals surface area contributed by atoms with Crippen LogP contribution in [0.1, 0.15) is 21.7 Å². The Morgan fingerprint density at radius 1 is 1.23 bits per heavy atom.